The van der Waals surface area contributed by atoms with Crippen LogP contribution in [0.15, 0.2) is 30.6 Å². The van der Waals surface area contributed by atoms with Crippen molar-refractivity contribution in [3.8, 4) is 11.9 Å². The summed E-state index contributed by atoms with van der Waals surface area (Å²) in [5.41, 5.74) is 0.0333. The number of hydrogen-bond donors (Lipinski definition) is 1. The molecule has 2 aromatic rings. The van der Waals surface area contributed by atoms with E-state index in [1.807, 2.05) is 24.3 Å². The number of aromatic nitrogens is 2. The molecule has 0 radical (unpaired) electrons. The van der Waals surface area contributed by atoms with E-state index in [1.54, 1.807) is 0 Å². The Hall–Kier alpha value is -2.68. The molecule has 6 heteroatoms. The van der Waals surface area contributed by atoms with Crippen LogP contribution in [0.3, 0.4) is 0 Å². The van der Waals surface area contributed by atoms with Crippen LogP contribution in [0.4, 0.5) is 0 Å². The van der Waals surface area contributed by atoms with Gasteiger partial charge in [-0.3, -0.25) is 4.79 Å². The summed E-state index contributed by atoms with van der Waals surface area (Å²) in [6.45, 7) is -0.162. The molecule has 0 atom stereocenters. The molecule has 0 unspecified atom stereocenters. The minimum Gasteiger partial charge on any atom is -0.467 e. The Kier molecular flexibility index (Phi) is 3.88. The fraction of sp³-hybridized carbons (Fsp3) is 0.375. The number of rotatable bonds is 4. The number of carbonyl (C=O) groups is 1. The third-order valence-electron chi connectivity index (χ3n) is 3.90. The van der Waals surface area contributed by atoms with Gasteiger partial charge in [0.05, 0.1) is 17.0 Å². The van der Waals surface area contributed by atoms with Gasteiger partial charge in [-0.2, -0.15) is 5.26 Å². The Bertz CT molecular complexity index is 727. The summed E-state index contributed by atoms with van der Waals surface area (Å²) in [5, 5.41) is 12.8. The van der Waals surface area contributed by atoms with Gasteiger partial charge in [0.25, 0.3) is 5.91 Å². The van der Waals surface area contributed by atoms with Crippen LogP contribution < -0.4 is 10.1 Å². The summed E-state index contributed by atoms with van der Waals surface area (Å²) in [5.74, 6) is 0.0734. The Morgan fingerprint density at radius 2 is 2.09 bits per heavy atom. The summed E-state index contributed by atoms with van der Waals surface area (Å²) in [4.78, 5) is 20.3. The topological polar surface area (TPSA) is 87.9 Å². The highest BCUT2D eigenvalue weighted by Crippen LogP contribution is 2.28. The fourth-order valence-electron chi connectivity index (χ4n) is 2.78. The SMILES string of the molecule is N#CC1(NC(=O)COc2ncnc3ccccc23)CCCC1. The first-order chi connectivity index (χ1) is 10.7. The standard InChI is InChI=1S/C16H16N4O2/c17-10-16(7-3-4-8-16)20-14(21)9-22-15-12-5-1-2-6-13(12)18-11-19-15/h1-2,5-6,11H,3-4,7-9H2,(H,20,21). The smallest absolute Gasteiger partial charge is 0.259 e. The van der Waals surface area contributed by atoms with Crippen LogP contribution in [-0.2, 0) is 4.79 Å². The van der Waals surface area contributed by atoms with Crippen molar-refractivity contribution in [3.63, 3.8) is 0 Å². The molecule has 1 N–H and O–H groups in total. The van der Waals surface area contributed by atoms with E-state index in [9.17, 15) is 10.1 Å². The molecule has 0 spiro atoms. The Labute approximate surface area is 128 Å². The van der Waals surface area contributed by atoms with Crippen molar-refractivity contribution in [2.75, 3.05) is 6.61 Å². The molecule has 0 bridgehead atoms. The molecule has 3 rings (SSSR count). The zero-order chi connectivity index (χ0) is 15.4. The molecule has 112 valence electrons. The first-order valence-corrected chi connectivity index (χ1v) is 7.27. The van der Waals surface area contributed by atoms with E-state index in [4.69, 9.17) is 4.74 Å². The van der Waals surface area contributed by atoms with E-state index in [2.05, 4.69) is 21.4 Å². The van der Waals surface area contributed by atoms with Gasteiger partial charge in [0.15, 0.2) is 6.61 Å². The molecule has 0 aliphatic heterocycles. The van der Waals surface area contributed by atoms with Gasteiger partial charge in [-0.15, -0.1) is 0 Å². The number of nitrogens with one attached hydrogen (secondary N) is 1. The number of ether oxygens (including phenoxy) is 1. The number of carbonyl (C=O) groups excluding carboxylic acids is 1. The summed E-state index contributed by atoms with van der Waals surface area (Å²) >= 11 is 0. The Morgan fingerprint density at radius 1 is 1.32 bits per heavy atom. The van der Waals surface area contributed by atoms with Crippen molar-refractivity contribution in [3.05, 3.63) is 30.6 Å². The molecule has 1 saturated carbocycles. The second-order valence-electron chi connectivity index (χ2n) is 5.43. The molecule has 22 heavy (non-hydrogen) atoms. The summed E-state index contributed by atoms with van der Waals surface area (Å²) in [6, 6.07) is 9.66. The minimum absolute atomic E-state index is 0.162. The minimum atomic E-state index is -0.728. The van der Waals surface area contributed by atoms with Crippen LogP contribution >= 0.6 is 0 Å². The maximum Gasteiger partial charge on any atom is 0.259 e. The molecular weight excluding hydrogens is 280 g/mol. The molecular formula is C16H16N4O2. The second kappa shape index (κ2) is 5.98. The van der Waals surface area contributed by atoms with Gasteiger partial charge >= 0.3 is 0 Å². The van der Waals surface area contributed by atoms with E-state index in [0.29, 0.717) is 18.7 Å². The van der Waals surface area contributed by atoms with Crippen molar-refractivity contribution < 1.29 is 9.53 Å². The first-order valence-electron chi connectivity index (χ1n) is 7.27. The van der Waals surface area contributed by atoms with Crippen LogP contribution in [-0.4, -0.2) is 28.0 Å². The number of benzene rings is 1. The van der Waals surface area contributed by atoms with Crippen LogP contribution in [0.5, 0.6) is 5.88 Å². The number of fused-ring (bicyclic) bond motifs is 1. The highest BCUT2D eigenvalue weighted by Gasteiger charge is 2.35. The molecule has 1 aliphatic rings. The molecule has 1 aromatic heterocycles. The molecule has 1 heterocycles. The monoisotopic (exact) mass is 296 g/mol. The molecule has 1 aromatic carbocycles. The Balaban J connectivity index is 1.67. The number of nitrogens with zero attached hydrogens (tertiary/aromatic N) is 3. The van der Waals surface area contributed by atoms with Crippen molar-refractivity contribution in [2.45, 2.75) is 31.2 Å². The van der Waals surface area contributed by atoms with Crippen LogP contribution in [0, 0.1) is 11.3 Å². The summed E-state index contributed by atoms with van der Waals surface area (Å²) in [7, 11) is 0. The normalized spacial score (nSPS) is 16.1. The summed E-state index contributed by atoms with van der Waals surface area (Å²) in [6.07, 6.45) is 4.73. The lowest BCUT2D eigenvalue weighted by atomic mass is 10.00. The third kappa shape index (κ3) is 2.84. The van der Waals surface area contributed by atoms with E-state index in [-0.39, 0.29) is 12.5 Å². The van der Waals surface area contributed by atoms with Crippen molar-refractivity contribution in [2.24, 2.45) is 0 Å². The quantitative estimate of drug-likeness (QED) is 0.931. The number of amides is 1. The van der Waals surface area contributed by atoms with Crippen LogP contribution in [0.25, 0.3) is 10.9 Å². The highest BCUT2D eigenvalue weighted by atomic mass is 16.5. The maximum absolute atomic E-state index is 12.0. The van der Waals surface area contributed by atoms with E-state index in [0.717, 1.165) is 23.7 Å². The summed E-state index contributed by atoms with van der Waals surface area (Å²) < 4.78 is 5.51. The van der Waals surface area contributed by atoms with Gasteiger partial charge in [-0.25, -0.2) is 9.97 Å². The zero-order valence-corrected chi connectivity index (χ0v) is 12.1. The molecule has 1 fully saturated rings. The van der Waals surface area contributed by atoms with E-state index in [1.165, 1.54) is 6.33 Å². The Morgan fingerprint density at radius 3 is 2.86 bits per heavy atom. The van der Waals surface area contributed by atoms with Crippen LogP contribution in [0.1, 0.15) is 25.7 Å². The van der Waals surface area contributed by atoms with Gasteiger partial charge in [0.1, 0.15) is 11.9 Å². The zero-order valence-electron chi connectivity index (χ0n) is 12.1. The van der Waals surface area contributed by atoms with Crippen molar-refractivity contribution >= 4 is 16.8 Å². The van der Waals surface area contributed by atoms with E-state index >= 15 is 0 Å². The lowest BCUT2D eigenvalue weighted by Gasteiger charge is -2.21. The highest BCUT2D eigenvalue weighted by molar-refractivity contribution is 5.84. The first kappa shape index (κ1) is 14.3. The lowest BCUT2D eigenvalue weighted by Crippen LogP contribution is -2.47. The molecule has 1 amide bonds. The fourth-order valence-corrected chi connectivity index (χ4v) is 2.78. The second-order valence-corrected chi connectivity index (χ2v) is 5.43. The number of nitriles is 1. The van der Waals surface area contributed by atoms with Crippen molar-refractivity contribution in [1.29, 1.82) is 5.26 Å². The molecule has 6 nitrogen and oxygen atoms in total. The van der Waals surface area contributed by atoms with Gasteiger partial charge in [0.2, 0.25) is 5.88 Å². The van der Waals surface area contributed by atoms with E-state index < -0.39 is 5.54 Å². The van der Waals surface area contributed by atoms with Crippen LogP contribution in [0.2, 0.25) is 0 Å². The van der Waals surface area contributed by atoms with Gasteiger partial charge < -0.3 is 10.1 Å². The predicted octanol–water partition coefficient (Wildman–Crippen LogP) is 1.96. The van der Waals surface area contributed by atoms with Gasteiger partial charge in [-0.05, 0) is 37.8 Å². The lowest BCUT2D eigenvalue weighted by molar-refractivity contribution is -0.124. The average Bonchev–Trinajstić information content (AvgIpc) is 3.02. The van der Waals surface area contributed by atoms with Gasteiger partial charge in [0, 0.05) is 0 Å². The molecule has 0 saturated heterocycles. The third-order valence-corrected chi connectivity index (χ3v) is 3.90. The number of hydrogen-bond acceptors (Lipinski definition) is 5. The predicted molar refractivity (Wildman–Crippen MR) is 80.0 cm³/mol. The molecule has 1 aliphatic carbocycles. The van der Waals surface area contributed by atoms with Gasteiger partial charge in [-0.1, -0.05) is 12.1 Å². The van der Waals surface area contributed by atoms with Crippen molar-refractivity contribution in [1.82, 2.24) is 15.3 Å². The largest absolute Gasteiger partial charge is 0.467 e. The number of para-hydroxylation sites is 1. The average molecular weight is 296 g/mol. The maximum atomic E-state index is 12.0.